The minimum Gasteiger partial charge on any atom is -0.385 e. The van der Waals surface area contributed by atoms with Gasteiger partial charge in [0.1, 0.15) is 17.2 Å². The maximum atomic E-state index is 14.4. The van der Waals surface area contributed by atoms with Gasteiger partial charge in [0, 0.05) is 30.8 Å². The second-order valence-electron chi connectivity index (χ2n) is 10.6. The predicted octanol–water partition coefficient (Wildman–Crippen LogP) is 4.68. The van der Waals surface area contributed by atoms with Gasteiger partial charge in [0.25, 0.3) is 5.56 Å². The van der Waals surface area contributed by atoms with Crippen molar-refractivity contribution in [2.45, 2.75) is 58.0 Å². The molecule has 6 rings (SSSR count). The zero-order valence-electron chi connectivity index (χ0n) is 20.9. The molecule has 2 aromatic carbocycles. The summed E-state index contributed by atoms with van der Waals surface area (Å²) in [6.07, 6.45) is 7.73. The van der Waals surface area contributed by atoms with Gasteiger partial charge in [-0.25, -0.2) is 14.2 Å². The van der Waals surface area contributed by atoms with Crippen molar-refractivity contribution in [3.63, 3.8) is 0 Å². The summed E-state index contributed by atoms with van der Waals surface area (Å²) in [7, 11) is 0. The first-order valence-corrected chi connectivity index (χ1v) is 13.3. The molecule has 0 spiro atoms. The van der Waals surface area contributed by atoms with Gasteiger partial charge < -0.3 is 10.3 Å². The fourth-order valence-electron chi connectivity index (χ4n) is 5.23. The number of fused-ring (bicyclic) bond motifs is 1. The first-order valence-electron chi connectivity index (χ1n) is 13.3. The molecule has 8 heteroatoms. The van der Waals surface area contributed by atoms with Crippen LogP contribution in [0.25, 0.3) is 11.2 Å². The smallest absolute Gasteiger partial charge is 0.333 e. The SMILES string of the molecule is O=c1c2[nH]c(Cc3ccc(NCC4CCC4)cc3)nc2n(CC2CCC2)c(=O)n1Cc1ccccc1F. The Bertz CT molecular complexity index is 1530. The van der Waals surface area contributed by atoms with Gasteiger partial charge in [-0.05, 0) is 61.3 Å². The van der Waals surface area contributed by atoms with Gasteiger partial charge in [-0.2, -0.15) is 0 Å². The number of anilines is 1. The predicted molar refractivity (Wildman–Crippen MR) is 143 cm³/mol. The summed E-state index contributed by atoms with van der Waals surface area (Å²) < 4.78 is 17.1. The number of aromatic amines is 1. The van der Waals surface area contributed by atoms with E-state index in [4.69, 9.17) is 4.98 Å². The molecular formula is C29H32FN5O2. The standard InChI is InChI=1S/C29H32FN5O2/c30-24-10-2-1-9-22(24)18-35-28(36)26-27(34(29(35)37)17-21-7-4-8-21)33-25(32-26)15-19-11-13-23(14-12-19)31-16-20-5-3-6-20/h1-2,9-14,20-21,31H,3-8,15-18H2,(H,32,33). The Morgan fingerprint density at radius 2 is 1.68 bits per heavy atom. The lowest BCUT2D eigenvalue weighted by Crippen LogP contribution is -2.42. The van der Waals surface area contributed by atoms with E-state index in [1.807, 2.05) is 0 Å². The third kappa shape index (κ3) is 4.84. The van der Waals surface area contributed by atoms with E-state index in [2.05, 4.69) is 34.6 Å². The lowest BCUT2D eigenvalue weighted by Gasteiger charge is -2.26. The number of hydrogen-bond donors (Lipinski definition) is 2. The van der Waals surface area contributed by atoms with Gasteiger partial charge in [0.15, 0.2) is 5.65 Å². The van der Waals surface area contributed by atoms with Gasteiger partial charge in [-0.15, -0.1) is 0 Å². The highest BCUT2D eigenvalue weighted by atomic mass is 19.1. The molecule has 4 aromatic rings. The second kappa shape index (κ2) is 10.00. The average molecular weight is 502 g/mol. The number of hydrogen-bond acceptors (Lipinski definition) is 4. The third-order valence-corrected chi connectivity index (χ3v) is 8.01. The van der Waals surface area contributed by atoms with Crippen LogP contribution < -0.4 is 16.6 Å². The number of benzene rings is 2. The van der Waals surface area contributed by atoms with Crippen molar-refractivity contribution in [3.05, 3.63) is 92.1 Å². The number of H-pyrrole nitrogens is 1. The Kier molecular flexibility index (Phi) is 6.40. The molecule has 2 heterocycles. The summed E-state index contributed by atoms with van der Waals surface area (Å²) in [6.45, 7) is 1.41. The van der Waals surface area contributed by atoms with Crippen LogP contribution in [0.2, 0.25) is 0 Å². The van der Waals surface area contributed by atoms with Crippen molar-refractivity contribution >= 4 is 16.9 Å². The largest absolute Gasteiger partial charge is 0.385 e. The molecular weight excluding hydrogens is 469 g/mol. The lowest BCUT2D eigenvalue weighted by molar-refractivity contribution is 0.273. The molecule has 192 valence electrons. The topological polar surface area (TPSA) is 84.7 Å². The molecule has 0 aliphatic heterocycles. The monoisotopic (exact) mass is 501 g/mol. The summed E-state index contributed by atoms with van der Waals surface area (Å²) in [4.78, 5) is 34.8. The number of rotatable bonds is 9. The Morgan fingerprint density at radius 1 is 0.946 bits per heavy atom. The summed E-state index contributed by atoms with van der Waals surface area (Å²) in [5.41, 5.74) is 2.25. The summed E-state index contributed by atoms with van der Waals surface area (Å²) in [5, 5.41) is 3.51. The van der Waals surface area contributed by atoms with E-state index < -0.39 is 17.1 Å². The molecule has 0 unspecified atom stereocenters. The molecule has 2 saturated carbocycles. The number of nitrogens with zero attached hydrogens (tertiary/aromatic N) is 3. The van der Waals surface area contributed by atoms with Crippen molar-refractivity contribution in [2.75, 3.05) is 11.9 Å². The molecule has 37 heavy (non-hydrogen) atoms. The van der Waals surface area contributed by atoms with Crippen molar-refractivity contribution in [1.82, 2.24) is 19.1 Å². The highest BCUT2D eigenvalue weighted by Crippen LogP contribution is 2.28. The third-order valence-electron chi connectivity index (χ3n) is 8.01. The van der Waals surface area contributed by atoms with Gasteiger partial charge in [-0.3, -0.25) is 13.9 Å². The van der Waals surface area contributed by atoms with E-state index in [0.717, 1.165) is 47.5 Å². The van der Waals surface area contributed by atoms with E-state index in [0.29, 0.717) is 41.4 Å². The molecule has 0 bridgehead atoms. The van der Waals surface area contributed by atoms with Crippen LogP contribution in [0.4, 0.5) is 10.1 Å². The van der Waals surface area contributed by atoms with Crippen molar-refractivity contribution in [1.29, 1.82) is 0 Å². The summed E-state index contributed by atoms with van der Waals surface area (Å²) in [6, 6.07) is 14.5. The second-order valence-corrected chi connectivity index (χ2v) is 10.6. The summed E-state index contributed by atoms with van der Waals surface area (Å²) >= 11 is 0. The maximum Gasteiger partial charge on any atom is 0.333 e. The van der Waals surface area contributed by atoms with Crippen LogP contribution in [0, 0.1) is 17.7 Å². The van der Waals surface area contributed by atoms with E-state index in [9.17, 15) is 14.0 Å². The van der Waals surface area contributed by atoms with E-state index >= 15 is 0 Å². The van der Waals surface area contributed by atoms with Gasteiger partial charge in [-0.1, -0.05) is 43.2 Å². The fraction of sp³-hybridized carbons (Fsp3) is 0.414. The Morgan fingerprint density at radius 3 is 2.35 bits per heavy atom. The minimum atomic E-state index is -0.470. The number of aromatic nitrogens is 4. The summed E-state index contributed by atoms with van der Waals surface area (Å²) in [5.74, 6) is 1.37. The van der Waals surface area contributed by atoms with E-state index in [1.54, 1.807) is 22.8 Å². The molecule has 2 aromatic heterocycles. The number of imidazole rings is 1. The highest BCUT2D eigenvalue weighted by molar-refractivity contribution is 5.70. The van der Waals surface area contributed by atoms with Gasteiger partial charge >= 0.3 is 5.69 Å². The molecule has 0 radical (unpaired) electrons. The normalized spacial score (nSPS) is 16.0. The molecule has 0 atom stereocenters. The van der Waals surface area contributed by atoms with Gasteiger partial charge in [0.2, 0.25) is 0 Å². The molecule has 0 amide bonds. The molecule has 2 aliphatic carbocycles. The van der Waals surface area contributed by atoms with Crippen LogP contribution in [0.1, 0.15) is 55.5 Å². The zero-order valence-corrected chi connectivity index (χ0v) is 20.9. The molecule has 2 N–H and O–H groups in total. The Hall–Kier alpha value is -3.68. The van der Waals surface area contributed by atoms with Crippen LogP contribution in [0.3, 0.4) is 0 Å². The average Bonchev–Trinajstić information content (AvgIpc) is 3.25. The molecule has 7 nitrogen and oxygen atoms in total. The molecule has 0 saturated heterocycles. The van der Waals surface area contributed by atoms with Crippen LogP contribution >= 0.6 is 0 Å². The highest BCUT2D eigenvalue weighted by Gasteiger charge is 2.24. The number of nitrogens with one attached hydrogen (secondary N) is 2. The van der Waals surface area contributed by atoms with Crippen molar-refractivity contribution < 1.29 is 4.39 Å². The Labute approximate surface area is 214 Å². The van der Waals surface area contributed by atoms with Crippen molar-refractivity contribution in [2.24, 2.45) is 11.8 Å². The Balaban J connectivity index is 1.31. The maximum absolute atomic E-state index is 14.4. The minimum absolute atomic E-state index is 0.116. The van der Waals surface area contributed by atoms with E-state index in [-0.39, 0.29) is 6.54 Å². The van der Waals surface area contributed by atoms with Crippen molar-refractivity contribution in [3.8, 4) is 0 Å². The van der Waals surface area contributed by atoms with Crippen LogP contribution in [-0.2, 0) is 19.5 Å². The zero-order chi connectivity index (χ0) is 25.4. The van der Waals surface area contributed by atoms with E-state index in [1.165, 1.54) is 25.3 Å². The first kappa shape index (κ1) is 23.7. The van der Waals surface area contributed by atoms with Crippen LogP contribution in [0.5, 0.6) is 0 Å². The fourth-order valence-corrected chi connectivity index (χ4v) is 5.23. The first-order chi connectivity index (χ1) is 18.0. The quantitative estimate of drug-likeness (QED) is 0.349. The molecule has 2 fully saturated rings. The molecule has 2 aliphatic rings. The van der Waals surface area contributed by atoms with Crippen LogP contribution in [0.15, 0.2) is 58.1 Å². The lowest BCUT2D eigenvalue weighted by atomic mass is 9.85. The van der Waals surface area contributed by atoms with Crippen LogP contribution in [-0.4, -0.2) is 25.6 Å². The van der Waals surface area contributed by atoms with Gasteiger partial charge in [0.05, 0.1) is 6.54 Å². The number of halogens is 1.